The smallest absolute Gasteiger partial charge is 0.0166 e. The SMILES string of the molecule is [C]1=CCCCC=CCC=CC=C1. The molecule has 0 fully saturated rings. The Morgan fingerprint density at radius 2 is 1.92 bits per heavy atom. The average Bonchev–Trinajstić information content (AvgIpc) is 2.05. The van der Waals surface area contributed by atoms with E-state index in [1.165, 1.54) is 12.8 Å². The highest BCUT2D eigenvalue weighted by Gasteiger charge is 1.80. The van der Waals surface area contributed by atoms with E-state index in [2.05, 4.69) is 36.5 Å². The summed E-state index contributed by atoms with van der Waals surface area (Å²) in [5.74, 6) is 0. The van der Waals surface area contributed by atoms with Gasteiger partial charge in [-0.25, -0.2) is 0 Å². The Hall–Kier alpha value is -1.04. The maximum Gasteiger partial charge on any atom is -0.0166 e. The Bertz CT molecular complexity index is 204. The maximum absolute atomic E-state index is 3.12. The van der Waals surface area contributed by atoms with Gasteiger partial charge in [0.1, 0.15) is 0 Å². The normalized spacial score (nSPS) is 18.7. The van der Waals surface area contributed by atoms with Gasteiger partial charge in [-0.05, 0) is 31.8 Å². The molecule has 0 aliphatic heterocycles. The summed E-state index contributed by atoms with van der Waals surface area (Å²) in [6.07, 6.45) is 22.5. The van der Waals surface area contributed by atoms with Gasteiger partial charge in [0.15, 0.2) is 0 Å². The van der Waals surface area contributed by atoms with Crippen molar-refractivity contribution in [2.75, 3.05) is 0 Å². The van der Waals surface area contributed by atoms with E-state index in [-0.39, 0.29) is 0 Å². The molecule has 0 heteroatoms. The summed E-state index contributed by atoms with van der Waals surface area (Å²) >= 11 is 0. The van der Waals surface area contributed by atoms with Gasteiger partial charge in [-0.2, -0.15) is 0 Å². The van der Waals surface area contributed by atoms with Gasteiger partial charge in [0.05, 0.1) is 0 Å². The van der Waals surface area contributed by atoms with Crippen LogP contribution < -0.4 is 0 Å². The summed E-state index contributed by atoms with van der Waals surface area (Å²) in [5, 5.41) is 0. The van der Waals surface area contributed by atoms with Crippen LogP contribution in [0.25, 0.3) is 0 Å². The largest absolute Gasteiger partial charge is 0.0882 e. The molecule has 0 aromatic rings. The van der Waals surface area contributed by atoms with Crippen LogP contribution in [0.4, 0.5) is 0 Å². The highest BCUT2D eigenvalue weighted by Crippen LogP contribution is 2.00. The first kappa shape index (κ1) is 9.05. The zero-order valence-corrected chi connectivity index (χ0v) is 7.37. The van der Waals surface area contributed by atoms with Crippen molar-refractivity contribution in [3.8, 4) is 0 Å². The lowest BCUT2D eigenvalue weighted by molar-refractivity contribution is 0.864. The van der Waals surface area contributed by atoms with Crippen LogP contribution in [0.1, 0.15) is 25.7 Å². The minimum atomic E-state index is 1.05. The van der Waals surface area contributed by atoms with E-state index in [0.717, 1.165) is 12.8 Å². The van der Waals surface area contributed by atoms with E-state index in [1.54, 1.807) is 0 Å². The third-order valence-electron chi connectivity index (χ3n) is 1.72. The van der Waals surface area contributed by atoms with E-state index in [0.29, 0.717) is 0 Å². The molecule has 0 saturated heterocycles. The Balaban J connectivity index is 2.42. The van der Waals surface area contributed by atoms with Gasteiger partial charge in [-0.3, -0.25) is 0 Å². The molecule has 1 aliphatic carbocycles. The van der Waals surface area contributed by atoms with Crippen LogP contribution in [0.15, 0.2) is 42.5 Å². The summed E-state index contributed by atoms with van der Waals surface area (Å²) in [7, 11) is 0. The Labute approximate surface area is 75.0 Å². The summed E-state index contributed by atoms with van der Waals surface area (Å²) in [6, 6.07) is 0. The lowest BCUT2D eigenvalue weighted by Gasteiger charge is -1.89. The summed E-state index contributed by atoms with van der Waals surface area (Å²) < 4.78 is 0. The molecule has 0 bridgehead atoms. The first-order chi connectivity index (χ1) is 6.00. The molecule has 0 nitrogen and oxygen atoms in total. The van der Waals surface area contributed by atoms with Gasteiger partial charge < -0.3 is 0 Å². The molecule has 1 rings (SSSR count). The van der Waals surface area contributed by atoms with Crippen molar-refractivity contribution < 1.29 is 0 Å². The van der Waals surface area contributed by atoms with Gasteiger partial charge >= 0.3 is 0 Å². The van der Waals surface area contributed by atoms with Crippen molar-refractivity contribution in [1.29, 1.82) is 0 Å². The van der Waals surface area contributed by atoms with E-state index in [1.807, 2.05) is 12.2 Å². The molecule has 0 N–H and O–H groups in total. The molecule has 1 radical (unpaired) electrons. The summed E-state index contributed by atoms with van der Waals surface area (Å²) in [4.78, 5) is 0. The average molecular weight is 159 g/mol. The fourth-order valence-electron chi connectivity index (χ4n) is 1.05. The van der Waals surface area contributed by atoms with Crippen molar-refractivity contribution in [2.45, 2.75) is 25.7 Å². The topological polar surface area (TPSA) is 0 Å². The molecule has 0 aromatic heterocycles. The minimum Gasteiger partial charge on any atom is -0.0882 e. The number of hydrogen-bond acceptors (Lipinski definition) is 0. The van der Waals surface area contributed by atoms with Gasteiger partial charge in [0.25, 0.3) is 0 Å². The Kier molecular flexibility index (Phi) is 5.02. The van der Waals surface area contributed by atoms with Crippen LogP contribution in [0, 0.1) is 6.08 Å². The molecular weight excluding hydrogens is 144 g/mol. The second-order valence-electron chi connectivity index (χ2n) is 2.80. The Morgan fingerprint density at radius 1 is 0.917 bits per heavy atom. The molecule has 0 heterocycles. The van der Waals surface area contributed by atoms with Crippen LogP contribution >= 0.6 is 0 Å². The predicted molar refractivity (Wildman–Crippen MR) is 53.7 cm³/mol. The zero-order valence-electron chi connectivity index (χ0n) is 7.37. The molecule has 12 heavy (non-hydrogen) atoms. The second kappa shape index (κ2) is 6.66. The molecule has 0 aromatic carbocycles. The molecule has 0 saturated carbocycles. The number of allylic oxidation sites excluding steroid dienone is 8. The Morgan fingerprint density at radius 3 is 2.92 bits per heavy atom. The van der Waals surface area contributed by atoms with Gasteiger partial charge in [0, 0.05) is 0 Å². The molecule has 63 valence electrons. The van der Waals surface area contributed by atoms with Crippen molar-refractivity contribution in [2.24, 2.45) is 0 Å². The van der Waals surface area contributed by atoms with E-state index in [4.69, 9.17) is 0 Å². The van der Waals surface area contributed by atoms with Crippen molar-refractivity contribution >= 4 is 0 Å². The predicted octanol–water partition coefficient (Wildman–Crippen LogP) is 3.59. The summed E-state index contributed by atoms with van der Waals surface area (Å²) in [6.45, 7) is 0. The van der Waals surface area contributed by atoms with Gasteiger partial charge in [-0.15, -0.1) is 0 Å². The third kappa shape index (κ3) is 4.73. The van der Waals surface area contributed by atoms with Crippen molar-refractivity contribution in [1.82, 2.24) is 0 Å². The van der Waals surface area contributed by atoms with E-state index < -0.39 is 0 Å². The van der Waals surface area contributed by atoms with Crippen LogP contribution in [0.2, 0.25) is 0 Å². The van der Waals surface area contributed by atoms with E-state index >= 15 is 0 Å². The lowest BCUT2D eigenvalue weighted by atomic mass is 10.2. The van der Waals surface area contributed by atoms with Crippen LogP contribution in [0.5, 0.6) is 0 Å². The molecule has 0 atom stereocenters. The number of rotatable bonds is 0. The zero-order chi connectivity index (χ0) is 8.49. The molecule has 0 unspecified atom stereocenters. The van der Waals surface area contributed by atoms with Crippen LogP contribution in [-0.2, 0) is 0 Å². The minimum absolute atomic E-state index is 1.05. The fourth-order valence-corrected chi connectivity index (χ4v) is 1.05. The second-order valence-corrected chi connectivity index (χ2v) is 2.80. The van der Waals surface area contributed by atoms with Gasteiger partial charge in [-0.1, -0.05) is 42.5 Å². The quantitative estimate of drug-likeness (QED) is 0.474. The lowest BCUT2D eigenvalue weighted by Crippen LogP contribution is -1.70. The molecular formula is C12H15. The first-order valence-corrected chi connectivity index (χ1v) is 4.54. The summed E-state index contributed by atoms with van der Waals surface area (Å²) in [5.41, 5.74) is 0. The number of hydrogen-bond donors (Lipinski definition) is 0. The highest BCUT2D eigenvalue weighted by molar-refractivity contribution is 5.09. The molecule has 1 aliphatic rings. The maximum atomic E-state index is 3.12. The monoisotopic (exact) mass is 159 g/mol. The van der Waals surface area contributed by atoms with Gasteiger partial charge in [0.2, 0.25) is 0 Å². The highest BCUT2D eigenvalue weighted by atomic mass is 13.9. The van der Waals surface area contributed by atoms with E-state index in [9.17, 15) is 0 Å². The van der Waals surface area contributed by atoms with Crippen LogP contribution in [-0.4, -0.2) is 0 Å². The fraction of sp³-hybridized carbons (Fsp3) is 0.333. The van der Waals surface area contributed by atoms with Crippen molar-refractivity contribution in [3.63, 3.8) is 0 Å². The molecule has 0 spiro atoms. The third-order valence-corrected chi connectivity index (χ3v) is 1.72. The molecule has 0 amide bonds. The first-order valence-electron chi connectivity index (χ1n) is 4.54. The standard InChI is InChI=1S/C12H15/c1-2-4-6-8-10-12-11-9-7-5-3-1/h1-4,7-9H,5,10-12H2. The van der Waals surface area contributed by atoms with Crippen LogP contribution in [0.3, 0.4) is 0 Å². The van der Waals surface area contributed by atoms with Crippen molar-refractivity contribution in [3.05, 3.63) is 48.6 Å².